The normalized spacial score (nSPS) is 14.9. The summed E-state index contributed by atoms with van der Waals surface area (Å²) in [4.78, 5) is 23.8. The van der Waals surface area contributed by atoms with Gasteiger partial charge in [0.2, 0.25) is 19.7 Å². The van der Waals surface area contributed by atoms with E-state index in [0.29, 0.717) is 66.6 Å². The second-order valence-electron chi connectivity index (χ2n) is 12.8. The lowest BCUT2D eigenvalue weighted by atomic mass is 9.97. The summed E-state index contributed by atoms with van der Waals surface area (Å²) in [5.74, 6) is -2.35. The van der Waals surface area contributed by atoms with Gasteiger partial charge in [0.15, 0.2) is 0 Å². The van der Waals surface area contributed by atoms with Crippen LogP contribution in [0.3, 0.4) is 0 Å². The fourth-order valence-corrected chi connectivity index (χ4v) is 10.2. The van der Waals surface area contributed by atoms with Crippen molar-refractivity contribution in [3.05, 3.63) is 141 Å². The van der Waals surface area contributed by atoms with Gasteiger partial charge in [-0.05, 0) is 69.3 Å². The minimum Gasteiger partial charge on any atom is -0.480 e. The van der Waals surface area contributed by atoms with E-state index in [4.69, 9.17) is 4.74 Å². The predicted molar refractivity (Wildman–Crippen MR) is 199 cm³/mol. The van der Waals surface area contributed by atoms with Crippen LogP contribution < -0.4 is 0 Å². The van der Waals surface area contributed by atoms with E-state index in [2.05, 4.69) is 0 Å². The van der Waals surface area contributed by atoms with Crippen LogP contribution in [0.2, 0.25) is 0 Å². The van der Waals surface area contributed by atoms with Gasteiger partial charge in [0.05, 0.1) is 16.4 Å². The van der Waals surface area contributed by atoms with Crippen molar-refractivity contribution < 1.29 is 45.0 Å². The maximum Gasteiger partial charge on any atom is 0.325 e. The topological polar surface area (TPSA) is 142 Å². The molecule has 1 N–H and O–H groups in total. The second kappa shape index (κ2) is 13.5. The SMILES string of the molecule is CCOC(=O)Cn1c(C)c(C2=CS(=O)(=O)c3ccccc32)c2cc(F)ccc21.Cc1c(C2=CS(=O)(=O)c3ccccc32)c2cc(F)ccc2n1CC(=O)O. The smallest absolute Gasteiger partial charge is 0.325 e. The van der Waals surface area contributed by atoms with Crippen molar-refractivity contribution in [2.45, 2.75) is 43.7 Å². The molecule has 4 aromatic carbocycles. The fourth-order valence-electron chi connectivity index (χ4n) is 7.29. The number of hydrogen-bond donors (Lipinski definition) is 1. The van der Waals surface area contributed by atoms with Crippen molar-refractivity contribution in [3.8, 4) is 0 Å². The van der Waals surface area contributed by atoms with Crippen LogP contribution in [0.5, 0.6) is 0 Å². The Morgan fingerprint density at radius 2 is 1.09 bits per heavy atom. The second-order valence-corrected chi connectivity index (χ2v) is 16.3. The molecule has 0 aliphatic carbocycles. The number of hydrogen-bond acceptors (Lipinski definition) is 7. The number of esters is 1. The number of fused-ring (bicyclic) bond motifs is 4. The van der Waals surface area contributed by atoms with Crippen molar-refractivity contribution >= 4 is 64.6 Å². The van der Waals surface area contributed by atoms with E-state index in [1.807, 2.05) is 0 Å². The van der Waals surface area contributed by atoms with Crippen LogP contribution >= 0.6 is 0 Å². The Morgan fingerprint density at radius 3 is 1.52 bits per heavy atom. The van der Waals surface area contributed by atoms with Gasteiger partial charge in [-0.3, -0.25) is 9.59 Å². The molecule has 0 saturated carbocycles. The molecule has 0 fully saturated rings. The van der Waals surface area contributed by atoms with Crippen LogP contribution in [0.25, 0.3) is 33.0 Å². The number of carboxylic acid groups (broad SMARTS) is 1. The molecule has 54 heavy (non-hydrogen) atoms. The highest BCUT2D eigenvalue weighted by atomic mass is 32.2. The van der Waals surface area contributed by atoms with Crippen molar-refractivity contribution in [1.82, 2.24) is 9.13 Å². The van der Waals surface area contributed by atoms with Crippen molar-refractivity contribution in [2.75, 3.05) is 6.61 Å². The molecule has 10 nitrogen and oxygen atoms in total. The summed E-state index contributed by atoms with van der Waals surface area (Å²) >= 11 is 0. The molecule has 0 bridgehead atoms. The third-order valence-corrected chi connectivity index (χ3v) is 12.5. The molecule has 0 radical (unpaired) electrons. The Balaban J connectivity index is 0.000000167. The first kappa shape index (κ1) is 36.5. The van der Waals surface area contributed by atoms with Crippen molar-refractivity contribution in [1.29, 1.82) is 0 Å². The Morgan fingerprint density at radius 1 is 0.667 bits per heavy atom. The summed E-state index contributed by atoms with van der Waals surface area (Å²) in [6, 6.07) is 21.7. The van der Waals surface area contributed by atoms with E-state index in [0.717, 1.165) is 0 Å². The number of aromatic nitrogens is 2. The molecule has 2 aliphatic rings. The van der Waals surface area contributed by atoms with Gasteiger partial charge in [-0.2, -0.15) is 0 Å². The molecule has 0 spiro atoms. The van der Waals surface area contributed by atoms with Gasteiger partial charge >= 0.3 is 11.9 Å². The first-order valence-corrected chi connectivity index (χ1v) is 19.8. The monoisotopic (exact) mass is 770 g/mol. The number of benzene rings is 4. The summed E-state index contributed by atoms with van der Waals surface area (Å²) in [6.07, 6.45) is 0. The molecule has 0 saturated heterocycles. The number of halogens is 2. The van der Waals surface area contributed by atoms with Gasteiger partial charge in [0.1, 0.15) is 24.7 Å². The molecule has 0 atom stereocenters. The number of sulfone groups is 2. The molecular formula is C40H32F2N2O8S2. The summed E-state index contributed by atoms with van der Waals surface area (Å²) in [7, 11) is -7.17. The van der Waals surface area contributed by atoms with Crippen LogP contribution in [-0.4, -0.2) is 49.6 Å². The predicted octanol–water partition coefficient (Wildman–Crippen LogP) is 7.18. The maximum atomic E-state index is 14.0. The molecule has 276 valence electrons. The summed E-state index contributed by atoms with van der Waals surface area (Å²) < 4.78 is 86.4. The largest absolute Gasteiger partial charge is 0.480 e. The third-order valence-electron chi connectivity index (χ3n) is 9.51. The van der Waals surface area contributed by atoms with Crippen LogP contribution in [0.15, 0.2) is 106 Å². The van der Waals surface area contributed by atoms with E-state index < -0.39 is 43.2 Å². The van der Waals surface area contributed by atoms with E-state index in [1.54, 1.807) is 78.4 Å². The number of nitrogens with zero attached hydrogens (tertiary/aromatic N) is 2. The Hall–Kier alpha value is -5.86. The zero-order valence-electron chi connectivity index (χ0n) is 29.1. The molecule has 2 aliphatic heterocycles. The fraction of sp³-hybridized carbons (Fsp3) is 0.150. The van der Waals surface area contributed by atoms with Gasteiger partial charge in [-0.1, -0.05) is 36.4 Å². The average molecular weight is 771 g/mol. The first-order chi connectivity index (χ1) is 25.6. The van der Waals surface area contributed by atoms with Crippen LogP contribution in [0.1, 0.15) is 40.6 Å². The summed E-state index contributed by atoms with van der Waals surface area (Å²) in [6.45, 7) is 5.16. The lowest BCUT2D eigenvalue weighted by molar-refractivity contribution is -0.143. The van der Waals surface area contributed by atoms with Crippen molar-refractivity contribution in [3.63, 3.8) is 0 Å². The number of carbonyl (C=O) groups excluding carboxylic acids is 1. The highest BCUT2D eigenvalue weighted by Crippen LogP contribution is 2.44. The van der Waals surface area contributed by atoms with Gasteiger partial charge in [0.25, 0.3) is 0 Å². The molecule has 6 aromatic rings. The zero-order valence-corrected chi connectivity index (χ0v) is 30.8. The van der Waals surface area contributed by atoms with E-state index in [1.165, 1.54) is 47.2 Å². The molecule has 4 heterocycles. The van der Waals surface area contributed by atoms with Crippen LogP contribution in [0.4, 0.5) is 8.78 Å². The molecule has 2 aromatic heterocycles. The molecule has 0 amide bonds. The third kappa shape index (κ3) is 6.20. The van der Waals surface area contributed by atoms with Crippen LogP contribution in [-0.2, 0) is 47.1 Å². The number of carbonyl (C=O) groups is 2. The van der Waals surface area contributed by atoms with Gasteiger partial charge in [-0.15, -0.1) is 0 Å². The molecule has 8 rings (SSSR count). The molecular weight excluding hydrogens is 739 g/mol. The number of aliphatic carboxylic acids is 1. The Bertz CT molecular complexity index is 2870. The highest BCUT2D eigenvalue weighted by Gasteiger charge is 2.32. The van der Waals surface area contributed by atoms with E-state index in [-0.39, 0.29) is 29.5 Å². The van der Waals surface area contributed by atoms with E-state index >= 15 is 0 Å². The Kier molecular flexibility index (Phi) is 9.14. The number of carboxylic acids is 1. The summed E-state index contributed by atoms with van der Waals surface area (Å²) in [5.41, 5.74) is 5.65. The van der Waals surface area contributed by atoms with Gasteiger partial charge in [0, 0.05) is 77.4 Å². The average Bonchev–Trinajstić information content (AvgIpc) is 3.74. The lowest BCUT2D eigenvalue weighted by Crippen LogP contribution is -2.14. The summed E-state index contributed by atoms with van der Waals surface area (Å²) in [5, 5.41) is 12.7. The molecule has 14 heteroatoms. The minimum atomic E-state index is -3.59. The lowest BCUT2D eigenvalue weighted by Gasteiger charge is -2.09. The van der Waals surface area contributed by atoms with E-state index in [9.17, 15) is 40.3 Å². The Labute approximate surface area is 309 Å². The standard InChI is InChI=1S/C21H18FNO4S.C19H14FNO4S/c1-3-27-20(24)11-23-13(2)21(16-10-14(22)8-9-18(16)23)17-12-28(25,26)19-7-5-4-6-15(17)19;1-11-19(15-10-26(24,25)17-5-3-2-4-13(15)17)14-8-12(20)6-7-16(14)21(11)9-18(22)23/h4-10,12H,3,11H2,1-2H3;2-8,10H,9H2,1H3,(H,22,23). The first-order valence-electron chi connectivity index (χ1n) is 16.7. The minimum absolute atomic E-state index is 0.0382. The highest BCUT2D eigenvalue weighted by molar-refractivity contribution is 7.95. The van der Waals surface area contributed by atoms with Crippen molar-refractivity contribution in [2.24, 2.45) is 0 Å². The van der Waals surface area contributed by atoms with Gasteiger partial charge < -0.3 is 19.0 Å². The van der Waals surface area contributed by atoms with Gasteiger partial charge in [-0.25, -0.2) is 25.6 Å². The number of ether oxygens (including phenoxy) is 1. The quantitative estimate of drug-likeness (QED) is 0.168. The number of rotatable bonds is 7. The maximum absolute atomic E-state index is 14.0. The molecule has 0 unspecified atom stereocenters. The zero-order chi connectivity index (χ0) is 38.7. The van der Waals surface area contributed by atoms with Crippen LogP contribution in [0, 0.1) is 25.5 Å².